The Balaban J connectivity index is 2.13. The molecule has 28 heavy (non-hydrogen) atoms. The SMILES string of the molecule is CC(c1cccc([N+](=O)[O-])c1)N(C)C(=O)CN(C)S(=O)(=O)c1ccc(F)cc1. The molecule has 0 aromatic heterocycles. The molecule has 0 aliphatic heterocycles. The van der Waals surface area contributed by atoms with Gasteiger partial charge in [0, 0.05) is 26.2 Å². The summed E-state index contributed by atoms with van der Waals surface area (Å²) < 4.78 is 38.9. The molecule has 0 aliphatic carbocycles. The van der Waals surface area contributed by atoms with Gasteiger partial charge in [-0.1, -0.05) is 12.1 Å². The number of carbonyl (C=O) groups excluding carboxylic acids is 1. The highest BCUT2D eigenvalue weighted by atomic mass is 32.2. The fourth-order valence-electron chi connectivity index (χ4n) is 2.51. The first-order valence-corrected chi connectivity index (χ1v) is 9.70. The number of rotatable bonds is 7. The van der Waals surface area contributed by atoms with Crippen molar-refractivity contribution in [2.75, 3.05) is 20.6 Å². The van der Waals surface area contributed by atoms with Crippen LogP contribution in [-0.4, -0.2) is 49.1 Å². The zero-order valence-corrected chi connectivity index (χ0v) is 16.4. The molecule has 1 amide bonds. The second-order valence-corrected chi connectivity index (χ2v) is 8.29. The number of non-ortho nitro benzene ring substituents is 1. The van der Waals surface area contributed by atoms with Crippen LogP contribution in [0.5, 0.6) is 0 Å². The average molecular weight is 409 g/mol. The van der Waals surface area contributed by atoms with E-state index in [1.165, 1.54) is 37.2 Å². The number of nitro groups is 1. The molecule has 150 valence electrons. The highest BCUT2D eigenvalue weighted by Gasteiger charge is 2.26. The number of nitro benzene ring substituents is 1. The smallest absolute Gasteiger partial charge is 0.269 e. The minimum atomic E-state index is -3.96. The molecular weight excluding hydrogens is 389 g/mol. The van der Waals surface area contributed by atoms with Crippen molar-refractivity contribution in [1.29, 1.82) is 0 Å². The van der Waals surface area contributed by atoms with Crippen molar-refractivity contribution in [2.24, 2.45) is 0 Å². The predicted molar refractivity (Wildman–Crippen MR) is 100 cm³/mol. The van der Waals surface area contributed by atoms with Crippen LogP contribution < -0.4 is 0 Å². The molecule has 0 radical (unpaired) electrons. The normalized spacial score (nSPS) is 12.6. The molecule has 1 unspecified atom stereocenters. The van der Waals surface area contributed by atoms with Gasteiger partial charge in [0.2, 0.25) is 15.9 Å². The third-order valence-corrected chi connectivity index (χ3v) is 6.24. The van der Waals surface area contributed by atoms with Gasteiger partial charge in [-0.15, -0.1) is 0 Å². The summed E-state index contributed by atoms with van der Waals surface area (Å²) in [6, 6.07) is 9.69. The van der Waals surface area contributed by atoms with Gasteiger partial charge < -0.3 is 4.90 Å². The summed E-state index contributed by atoms with van der Waals surface area (Å²) >= 11 is 0. The van der Waals surface area contributed by atoms with E-state index in [9.17, 15) is 27.7 Å². The summed E-state index contributed by atoms with van der Waals surface area (Å²) in [5.41, 5.74) is 0.454. The molecule has 1 atom stereocenters. The summed E-state index contributed by atoms with van der Waals surface area (Å²) in [6.07, 6.45) is 0. The molecule has 2 rings (SSSR count). The van der Waals surface area contributed by atoms with Crippen LogP contribution in [-0.2, 0) is 14.8 Å². The molecule has 8 nitrogen and oxygen atoms in total. The zero-order valence-electron chi connectivity index (χ0n) is 15.6. The van der Waals surface area contributed by atoms with Crippen LogP contribution in [0.25, 0.3) is 0 Å². The molecule has 0 fully saturated rings. The number of sulfonamides is 1. The topological polar surface area (TPSA) is 101 Å². The maximum atomic E-state index is 13.0. The number of amides is 1. The monoisotopic (exact) mass is 409 g/mol. The van der Waals surface area contributed by atoms with Gasteiger partial charge in [0.25, 0.3) is 5.69 Å². The maximum Gasteiger partial charge on any atom is 0.269 e. The van der Waals surface area contributed by atoms with Crippen LogP contribution in [0.4, 0.5) is 10.1 Å². The number of hydrogen-bond acceptors (Lipinski definition) is 5. The van der Waals surface area contributed by atoms with Crippen LogP contribution in [0.15, 0.2) is 53.4 Å². The molecule has 0 bridgehead atoms. The van der Waals surface area contributed by atoms with Gasteiger partial charge in [0.05, 0.1) is 22.4 Å². The first-order chi connectivity index (χ1) is 13.0. The maximum absolute atomic E-state index is 13.0. The van der Waals surface area contributed by atoms with Crippen molar-refractivity contribution in [2.45, 2.75) is 17.9 Å². The van der Waals surface area contributed by atoms with E-state index in [1.54, 1.807) is 13.0 Å². The number of nitrogens with zero attached hydrogens (tertiary/aromatic N) is 3. The van der Waals surface area contributed by atoms with Crippen LogP contribution in [0.1, 0.15) is 18.5 Å². The molecule has 0 saturated heterocycles. The number of hydrogen-bond donors (Lipinski definition) is 0. The summed E-state index contributed by atoms with van der Waals surface area (Å²) in [5.74, 6) is -1.06. The van der Waals surface area contributed by atoms with Gasteiger partial charge in [-0.05, 0) is 36.8 Å². The van der Waals surface area contributed by atoms with Gasteiger partial charge in [0.15, 0.2) is 0 Å². The number of likely N-dealkylation sites (N-methyl/N-ethyl adjacent to an activating group) is 2. The highest BCUT2D eigenvalue weighted by molar-refractivity contribution is 7.89. The lowest BCUT2D eigenvalue weighted by Crippen LogP contribution is -2.40. The van der Waals surface area contributed by atoms with E-state index in [4.69, 9.17) is 0 Å². The highest BCUT2D eigenvalue weighted by Crippen LogP contribution is 2.23. The van der Waals surface area contributed by atoms with E-state index in [-0.39, 0.29) is 10.6 Å². The van der Waals surface area contributed by atoms with E-state index < -0.39 is 39.3 Å². The van der Waals surface area contributed by atoms with Gasteiger partial charge in [0.1, 0.15) is 5.82 Å². The Kier molecular flexibility index (Phi) is 6.47. The molecule has 10 heteroatoms. The zero-order chi connectivity index (χ0) is 21.1. The molecular formula is C18H20FN3O5S. The molecule has 0 saturated carbocycles. The third-order valence-electron chi connectivity index (χ3n) is 4.42. The van der Waals surface area contributed by atoms with Gasteiger partial charge >= 0.3 is 0 Å². The lowest BCUT2D eigenvalue weighted by Gasteiger charge is -2.27. The molecule has 0 aliphatic rings. The van der Waals surface area contributed by atoms with Crippen LogP contribution in [0.3, 0.4) is 0 Å². The Morgan fingerprint density at radius 3 is 2.36 bits per heavy atom. The van der Waals surface area contributed by atoms with E-state index in [0.717, 1.165) is 28.6 Å². The minimum absolute atomic E-state index is 0.0961. The van der Waals surface area contributed by atoms with Crippen molar-refractivity contribution in [1.82, 2.24) is 9.21 Å². The van der Waals surface area contributed by atoms with Crippen molar-refractivity contribution in [3.63, 3.8) is 0 Å². The summed E-state index contributed by atoms with van der Waals surface area (Å²) in [7, 11) is -1.22. The summed E-state index contributed by atoms with van der Waals surface area (Å²) in [6.45, 7) is 1.25. The van der Waals surface area contributed by atoms with E-state index in [2.05, 4.69) is 0 Å². The van der Waals surface area contributed by atoms with Crippen molar-refractivity contribution in [3.05, 3.63) is 70.0 Å². The van der Waals surface area contributed by atoms with Crippen LogP contribution >= 0.6 is 0 Å². The summed E-state index contributed by atoms with van der Waals surface area (Å²) in [5, 5.41) is 10.9. The van der Waals surface area contributed by atoms with Gasteiger partial charge in [-0.2, -0.15) is 4.31 Å². The Labute approximate surface area is 162 Å². The van der Waals surface area contributed by atoms with Gasteiger partial charge in [-0.3, -0.25) is 14.9 Å². The van der Waals surface area contributed by atoms with Crippen LogP contribution in [0.2, 0.25) is 0 Å². The standard InChI is InChI=1S/C18H20FN3O5S/c1-13(14-5-4-6-16(11-14)22(24)25)21(3)18(23)12-20(2)28(26,27)17-9-7-15(19)8-10-17/h4-11,13H,12H2,1-3H3. The first-order valence-electron chi connectivity index (χ1n) is 8.26. The Bertz CT molecular complexity index is 979. The van der Waals surface area contributed by atoms with Crippen molar-refractivity contribution in [3.8, 4) is 0 Å². The lowest BCUT2D eigenvalue weighted by atomic mass is 10.1. The number of halogens is 1. The molecule has 0 heterocycles. The molecule has 2 aromatic rings. The Morgan fingerprint density at radius 2 is 1.79 bits per heavy atom. The van der Waals surface area contributed by atoms with Crippen molar-refractivity contribution < 1.29 is 22.5 Å². The Morgan fingerprint density at radius 1 is 1.18 bits per heavy atom. The fourth-order valence-corrected chi connectivity index (χ4v) is 3.63. The van der Waals surface area contributed by atoms with E-state index >= 15 is 0 Å². The first kappa shape index (κ1) is 21.5. The molecule has 0 spiro atoms. The minimum Gasteiger partial charge on any atom is -0.338 e. The molecule has 0 N–H and O–H groups in total. The summed E-state index contributed by atoms with van der Waals surface area (Å²) in [4.78, 5) is 24.1. The second kappa shape index (κ2) is 8.44. The third kappa shape index (κ3) is 4.70. The van der Waals surface area contributed by atoms with E-state index in [1.807, 2.05) is 0 Å². The van der Waals surface area contributed by atoms with Crippen LogP contribution in [0, 0.1) is 15.9 Å². The van der Waals surface area contributed by atoms with Gasteiger partial charge in [-0.25, -0.2) is 12.8 Å². The second-order valence-electron chi connectivity index (χ2n) is 6.25. The number of benzene rings is 2. The van der Waals surface area contributed by atoms with E-state index in [0.29, 0.717) is 5.56 Å². The predicted octanol–water partition coefficient (Wildman–Crippen LogP) is 2.57. The molecule has 2 aromatic carbocycles. The fraction of sp³-hybridized carbons (Fsp3) is 0.278. The Hall–Kier alpha value is -2.85. The number of carbonyl (C=O) groups is 1. The quantitative estimate of drug-likeness (QED) is 0.517. The average Bonchev–Trinajstić information content (AvgIpc) is 2.67. The largest absolute Gasteiger partial charge is 0.338 e. The lowest BCUT2D eigenvalue weighted by molar-refractivity contribution is -0.384. The van der Waals surface area contributed by atoms with Crippen molar-refractivity contribution >= 4 is 21.6 Å².